The highest BCUT2D eigenvalue weighted by Crippen LogP contribution is 2.35. The standard InChI is InChI=1S/C17H20O3/c18-12-14(13-19)11-17(20,15-7-3-1-4-8-15)16-9-5-2-6-10-16/h1-10,14,18-20H,11-13H2. The quantitative estimate of drug-likeness (QED) is 0.753. The molecule has 0 aromatic heterocycles. The topological polar surface area (TPSA) is 60.7 Å². The van der Waals surface area contributed by atoms with Gasteiger partial charge in [0, 0.05) is 19.1 Å². The van der Waals surface area contributed by atoms with Gasteiger partial charge in [-0.2, -0.15) is 0 Å². The van der Waals surface area contributed by atoms with Crippen molar-refractivity contribution in [1.82, 2.24) is 0 Å². The van der Waals surface area contributed by atoms with E-state index >= 15 is 0 Å². The molecule has 2 aromatic rings. The van der Waals surface area contributed by atoms with Gasteiger partial charge in [0.05, 0.1) is 0 Å². The molecule has 0 aliphatic heterocycles. The molecule has 2 aromatic carbocycles. The van der Waals surface area contributed by atoms with Crippen LogP contribution >= 0.6 is 0 Å². The minimum atomic E-state index is -1.21. The molecule has 3 nitrogen and oxygen atoms in total. The third-order valence-corrected chi connectivity index (χ3v) is 3.60. The summed E-state index contributed by atoms with van der Waals surface area (Å²) in [6, 6.07) is 18.7. The predicted octanol–water partition coefficient (Wildman–Crippen LogP) is 1.91. The van der Waals surface area contributed by atoms with Crippen LogP contribution in [0.15, 0.2) is 60.7 Å². The lowest BCUT2D eigenvalue weighted by Gasteiger charge is -2.32. The van der Waals surface area contributed by atoms with Crippen LogP contribution in [0.4, 0.5) is 0 Å². The summed E-state index contributed by atoms with van der Waals surface area (Å²) in [6.45, 7) is -0.309. The first-order chi connectivity index (χ1) is 9.70. The molecule has 0 unspecified atom stereocenters. The third kappa shape index (κ3) is 3.07. The molecule has 0 amide bonds. The SMILES string of the molecule is OCC(CO)CC(O)(c1ccccc1)c1ccccc1. The van der Waals surface area contributed by atoms with Gasteiger partial charge in [-0.25, -0.2) is 0 Å². The molecule has 3 heteroatoms. The molecular formula is C17H20O3. The van der Waals surface area contributed by atoms with E-state index in [9.17, 15) is 15.3 Å². The molecule has 0 spiro atoms. The van der Waals surface area contributed by atoms with Gasteiger partial charge in [0.1, 0.15) is 5.60 Å². The molecule has 0 aliphatic rings. The molecule has 0 heterocycles. The highest BCUT2D eigenvalue weighted by atomic mass is 16.3. The summed E-state index contributed by atoms with van der Waals surface area (Å²) in [6.07, 6.45) is 0.272. The van der Waals surface area contributed by atoms with Gasteiger partial charge in [-0.3, -0.25) is 0 Å². The number of aliphatic hydroxyl groups is 3. The average molecular weight is 272 g/mol. The summed E-state index contributed by atoms with van der Waals surface area (Å²) in [4.78, 5) is 0. The second-order valence-electron chi connectivity index (χ2n) is 5.03. The maximum atomic E-state index is 11.2. The van der Waals surface area contributed by atoms with E-state index < -0.39 is 5.60 Å². The van der Waals surface area contributed by atoms with Crippen LogP contribution in [-0.2, 0) is 5.60 Å². The lowest BCUT2D eigenvalue weighted by atomic mass is 9.79. The fourth-order valence-electron chi connectivity index (χ4n) is 2.43. The molecule has 20 heavy (non-hydrogen) atoms. The lowest BCUT2D eigenvalue weighted by molar-refractivity contribution is 0.0236. The fourth-order valence-corrected chi connectivity index (χ4v) is 2.43. The van der Waals surface area contributed by atoms with Crippen molar-refractivity contribution in [3.8, 4) is 0 Å². The average Bonchev–Trinajstić information content (AvgIpc) is 2.54. The Morgan fingerprint density at radius 1 is 0.750 bits per heavy atom. The van der Waals surface area contributed by atoms with Crippen LogP contribution < -0.4 is 0 Å². The van der Waals surface area contributed by atoms with Gasteiger partial charge < -0.3 is 15.3 Å². The zero-order chi connectivity index (χ0) is 14.4. The summed E-state index contributed by atoms with van der Waals surface area (Å²) < 4.78 is 0. The van der Waals surface area contributed by atoms with Crippen LogP contribution in [0, 0.1) is 5.92 Å². The summed E-state index contributed by atoms with van der Waals surface area (Å²) in [7, 11) is 0. The molecule has 0 radical (unpaired) electrons. The van der Waals surface area contributed by atoms with Crippen LogP contribution in [0.3, 0.4) is 0 Å². The number of hydrogen-bond donors (Lipinski definition) is 3. The smallest absolute Gasteiger partial charge is 0.115 e. The maximum Gasteiger partial charge on any atom is 0.115 e. The van der Waals surface area contributed by atoms with E-state index in [1.54, 1.807) is 0 Å². The van der Waals surface area contributed by atoms with E-state index in [4.69, 9.17) is 0 Å². The van der Waals surface area contributed by atoms with Crippen molar-refractivity contribution in [2.45, 2.75) is 12.0 Å². The Kier molecular flexibility index (Phi) is 4.90. The summed E-state index contributed by atoms with van der Waals surface area (Å²) in [5.41, 5.74) is 0.315. The molecule has 0 saturated heterocycles. The Morgan fingerprint density at radius 3 is 1.50 bits per heavy atom. The van der Waals surface area contributed by atoms with E-state index in [0.29, 0.717) is 0 Å². The zero-order valence-corrected chi connectivity index (χ0v) is 11.3. The Hall–Kier alpha value is -1.68. The van der Waals surface area contributed by atoms with E-state index in [0.717, 1.165) is 11.1 Å². The van der Waals surface area contributed by atoms with Crippen LogP contribution in [0.2, 0.25) is 0 Å². The highest BCUT2D eigenvalue weighted by molar-refractivity contribution is 5.35. The third-order valence-electron chi connectivity index (χ3n) is 3.60. The fraction of sp³-hybridized carbons (Fsp3) is 0.294. The molecule has 106 valence electrons. The van der Waals surface area contributed by atoms with Crippen molar-refractivity contribution >= 4 is 0 Å². The van der Waals surface area contributed by atoms with Crippen molar-refractivity contribution in [2.75, 3.05) is 13.2 Å². The lowest BCUT2D eigenvalue weighted by Crippen LogP contribution is -2.32. The number of benzene rings is 2. The monoisotopic (exact) mass is 272 g/mol. The molecule has 0 saturated carbocycles. The first kappa shape index (κ1) is 14.7. The Balaban J connectivity index is 2.43. The van der Waals surface area contributed by atoms with Gasteiger partial charge in [-0.05, 0) is 17.5 Å². The Labute approximate surface area is 119 Å². The molecule has 0 aliphatic carbocycles. The number of rotatable bonds is 6. The van der Waals surface area contributed by atoms with Gasteiger partial charge >= 0.3 is 0 Å². The Bertz CT molecular complexity index is 467. The maximum absolute atomic E-state index is 11.2. The largest absolute Gasteiger partial charge is 0.396 e. The first-order valence-corrected chi connectivity index (χ1v) is 6.76. The van der Waals surface area contributed by atoms with Crippen LogP contribution in [0.25, 0.3) is 0 Å². The van der Waals surface area contributed by atoms with E-state index in [2.05, 4.69) is 0 Å². The van der Waals surface area contributed by atoms with Crippen LogP contribution in [0.1, 0.15) is 17.5 Å². The molecule has 0 atom stereocenters. The van der Waals surface area contributed by atoms with E-state index in [1.807, 2.05) is 60.7 Å². The summed E-state index contributed by atoms with van der Waals surface area (Å²) >= 11 is 0. The van der Waals surface area contributed by atoms with Crippen molar-refractivity contribution in [2.24, 2.45) is 5.92 Å². The first-order valence-electron chi connectivity index (χ1n) is 6.76. The zero-order valence-electron chi connectivity index (χ0n) is 11.3. The minimum Gasteiger partial charge on any atom is -0.396 e. The van der Waals surface area contributed by atoms with E-state index in [-0.39, 0.29) is 25.6 Å². The molecule has 3 N–H and O–H groups in total. The van der Waals surface area contributed by atoms with Crippen molar-refractivity contribution in [1.29, 1.82) is 0 Å². The van der Waals surface area contributed by atoms with E-state index in [1.165, 1.54) is 0 Å². The van der Waals surface area contributed by atoms with Gasteiger partial charge in [0.25, 0.3) is 0 Å². The van der Waals surface area contributed by atoms with Gasteiger partial charge in [0.15, 0.2) is 0 Å². The van der Waals surface area contributed by atoms with Crippen LogP contribution in [-0.4, -0.2) is 28.5 Å². The summed E-state index contributed by atoms with van der Waals surface area (Å²) in [5.74, 6) is -0.361. The number of hydrogen-bond acceptors (Lipinski definition) is 3. The molecule has 2 rings (SSSR count). The summed E-state index contributed by atoms with van der Waals surface area (Å²) in [5, 5.41) is 29.8. The number of aliphatic hydroxyl groups excluding tert-OH is 2. The highest BCUT2D eigenvalue weighted by Gasteiger charge is 2.33. The molecule has 0 fully saturated rings. The second-order valence-corrected chi connectivity index (χ2v) is 5.03. The Morgan fingerprint density at radius 2 is 1.15 bits per heavy atom. The van der Waals surface area contributed by atoms with Crippen molar-refractivity contribution in [3.63, 3.8) is 0 Å². The normalized spacial score (nSPS) is 11.8. The van der Waals surface area contributed by atoms with Gasteiger partial charge in [-0.1, -0.05) is 60.7 Å². The second kappa shape index (κ2) is 6.66. The van der Waals surface area contributed by atoms with Gasteiger partial charge in [-0.15, -0.1) is 0 Å². The van der Waals surface area contributed by atoms with Crippen LogP contribution in [0.5, 0.6) is 0 Å². The predicted molar refractivity (Wildman–Crippen MR) is 78.2 cm³/mol. The van der Waals surface area contributed by atoms with Crippen molar-refractivity contribution in [3.05, 3.63) is 71.8 Å². The minimum absolute atomic E-state index is 0.154. The molecule has 0 bridgehead atoms. The molecular weight excluding hydrogens is 252 g/mol. The van der Waals surface area contributed by atoms with Crippen molar-refractivity contribution < 1.29 is 15.3 Å². The van der Waals surface area contributed by atoms with Gasteiger partial charge in [0.2, 0.25) is 0 Å².